The van der Waals surface area contributed by atoms with Gasteiger partial charge in [-0.1, -0.05) is 47.1 Å². The Balaban J connectivity index is 1.55. The maximum Gasteiger partial charge on any atom is 0.227 e. The van der Waals surface area contributed by atoms with Crippen molar-refractivity contribution in [2.24, 2.45) is 0 Å². The van der Waals surface area contributed by atoms with E-state index >= 15 is 0 Å². The van der Waals surface area contributed by atoms with E-state index in [2.05, 4.69) is 15.3 Å². The average molecular weight is 458 g/mol. The Morgan fingerprint density at radius 3 is 2.90 bits per heavy atom. The number of rotatable bonds is 4. The van der Waals surface area contributed by atoms with Gasteiger partial charge in [0.25, 0.3) is 0 Å². The van der Waals surface area contributed by atoms with Crippen LogP contribution >= 0.6 is 35.0 Å². The first kappa shape index (κ1) is 19.6. The molecule has 1 N–H and O–H groups in total. The van der Waals surface area contributed by atoms with Gasteiger partial charge in [0, 0.05) is 45.2 Å². The number of ketones is 1. The molecule has 3 heterocycles. The molecule has 9 heteroatoms. The number of carbonyl (C=O) groups excluding carboxylic acids is 1. The second-order valence-corrected chi connectivity index (χ2v) is 8.92. The lowest BCUT2D eigenvalue weighted by molar-refractivity contribution is -0.116. The molecule has 2 aliphatic rings. The van der Waals surface area contributed by atoms with Crippen LogP contribution in [0.2, 0.25) is 10.0 Å². The Morgan fingerprint density at radius 2 is 2.10 bits per heavy atom. The molecule has 0 saturated carbocycles. The van der Waals surface area contributed by atoms with Crippen LogP contribution in [-0.4, -0.2) is 25.5 Å². The zero-order chi connectivity index (χ0) is 20.7. The summed E-state index contributed by atoms with van der Waals surface area (Å²) in [7, 11) is 0. The van der Waals surface area contributed by atoms with Crippen molar-refractivity contribution in [2.45, 2.75) is 36.2 Å². The number of benzene rings is 1. The number of carbonyl (C=O) groups is 1. The van der Waals surface area contributed by atoms with Crippen molar-refractivity contribution in [3.05, 3.63) is 75.2 Å². The highest BCUT2D eigenvalue weighted by Crippen LogP contribution is 2.43. The van der Waals surface area contributed by atoms with Crippen molar-refractivity contribution in [2.75, 3.05) is 5.32 Å². The van der Waals surface area contributed by atoms with Crippen molar-refractivity contribution >= 4 is 46.7 Å². The van der Waals surface area contributed by atoms with Crippen LogP contribution in [0.4, 0.5) is 5.95 Å². The first-order valence-electron chi connectivity index (χ1n) is 9.57. The lowest BCUT2D eigenvalue weighted by atomic mass is 9.85. The zero-order valence-corrected chi connectivity index (χ0v) is 18.1. The number of pyridine rings is 1. The molecule has 1 atom stereocenters. The van der Waals surface area contributed by atoms with Gasteiger partial charge in [0.1, 0.15) is 6.04 Å². The number of halogens is 2. The van der Waals surface area contributed by atoms with Gasteiger partial charge in [0.05, 0.1) is 5.69 Å². The largest absolute Gasteiger partial charge is 0.328 e. The predicted octanol–water partition coefficient (Wildman–Crippen LogP) is 5.29. The lowest BCUT2D eigenvalue weighted by Gasteiger charge is -2.32. The van der Waals surface area contributed by atoms with Gasteiger partial charge in [-0.05, 0) is 37.1 Å². The van der Waals surface area contributed by atoms with Crippen molar-refractivity contribution in [3.8, 4) is 0 Å². The molecule has 0 amide bonds. The van der Waals surface area contributed by atoms with E-state index in [1.54, 1.807) is 23.0 Å². The minimum Gasteiger partial charge on any atom is -0.328 e. The molecule has 1 aromatic carbocycles. The molecule has 1 aliphatic carbocycles. The minimum atomic E-state index is -0.425. The normalized spacial score (nSPS) is 18.1. The molecule has 0 spiro atoms. The number of fused-ring (bicyclic) bond motifs is 1. The molecule has 0 unspecified atom stereocenters. The molecule has 30 heavy (non-hydrogen) atoms. The lowest BCUT2D eigenvalue weighted by Crippen LogP contribution is -2.31. The number of nitrogens with one attached hydrogen (secondary N) is 1. The highest BCUT2D eigenvalue weighted by atomic mass is 35.5. The van der Waals surface area contributed by atoms with Gasteiger partial charge in [-0.3, -0.25) is 9.78 Å². The van der Waals surface area contributed by atoms with Crippen molar-refractivity contribution in [3.63, 3.8) is 0 Å². The zero-order valence-electron chi connectivity index (χ0n) is 15.8. The van der Waals surface area contributed by atoms with E-state index in [0.717, 1.165) is 29.8 Å². The molecule has 0 saturated heterocycles. The summed E-state index contributed by atoms with van der Waals surface area (Å²) in [6, 6.07) is 10.7. The Bertz CT molecular complexity index is 1160. The molecule has 3 aromatic rings. The van der Waals surface area contributed by atoms with Crippen LogP contribution in [0.1, 0.15) is 36.6 Å². The van der Waals surface area contributed by atoms with E-state index in [0.29, 0.717) is 38.9 Å². The Kier molecular flexibility index (Phi) is 5.26. The first-order chi connectivity index (χ1) is 14.6. The Hall–Kier alpha value is -2.35. The third kappa shape index (κ3) is 3.62. The van der Waals surface area contributed by atoms with Crippen molar-refractivity contribution in [1.82, 2.24) is 19.7 Å². The molecule has 1 aliphatic heterocycles. The quantitative estimate of drug-likeness (QED) is 0.536. The fourth-order valence-electron chi connectivity index (χ4n) is 3.83. The van der Waals surface area contributed by atoms with E-state index in [9.17, 15) is 4.79 Å². The van der Waals surface area contributed by atoms with Crippen molar-refractivity contribution in [1.29, 1.82) is 0 Å². The first-order valence-corrected chi connectivity index (χ1v) is 11.3. The summed E-state index contributed by atoms with van der Waals surface area (Å²) in [5.41, 5.74) is 3.36. The van der Waals surface area contributed by atoms with E-state index in [4.69, 9.17) is 28.3 Å². The molecule has 5 rings (SSSR count). The van der Waals surface area contributed by atoms with Crippen LogP contribution in [0.5, 0.6) is 0 Å². The summed E-state index contributed by atoms with van der Waals surface area (Å²) in [6.45, 7) is 0. The van der Waals surface area contributed by atoms with Gasteiger partial charge in [-0.15, -0.1) is 5.10 Å². The topological polar surface area (TPSA) is 72.7 Å². The van der Waals surface area contributed by atoms with E-state index < -0.39 is 6.04 Å². The fraction of sp³-hybridized carbons (Fsp3) is 0.238. The summed E-state index contributed by atoms with van der Waals surface area (Å²) in [5.74, 6) is 1.38. The minimum absolute atomic E-state index is 0.114. The van der Waals surface area contributed by atoms with Crippen LogP contribution < -0.4 is 5.32 Å². The molecule has 6 nitrogen and oxygen atoms in total. The number of aromatic nitrogens is 4. The number of hydrogen-bond donors (Lipinski definition) is 1. The maximum atomic E-state index is 12.9. The predicted molar refractivity (Wildman–Crippen MR) is 118 cm³/mol. The van der Waals surface area contributed by atoms with Gasteiger partial charge >= 0.3 is 0 Å². The molecular weight excluding hydrogens is 441 g/mol. The molecule has 0 fully saturated rings. The highest BCUT2D eigenvalue weighted by Gasteiger charge is 2.37. The monoisotopic (exact) mass is 457 g/mol. The van der Waals surface area contributed by atoms with Gasteiger partial charge in [-0.2, -0.15) is 4.98 Å². The SMILES string of the molecule is O=C1CCCC2=C1[C@H](c1ccc(Cl)cc1Cl)n1nc(SCc3ccccn3)nc1N2. The fourth-order valence-corrected chi connectivity index (χ4v) is 5.09. The summed E-state index contributed by atoms with van der Waals surface area (Å²) in [6.07, 6.45) is 3.91. The van der Waals surface area contributed by atoms with Gasteiger partial charge in [0.2, 0.25) is 11.1 Å². The Labute approximate surface area is 187 Å². The Morgan fingerprint density at radius 1 is 1.20 bits per heavy atom. The number of Topliss-reactive ketones (excluding diaryl/α,β-unsaturated/α-hetero) is 1. The van der Waals surface area contributed by atoms with Crippen LogP contribution in [0.3, 0.4) is 0 Å². The molecule has 152 valence electrons. The van der Waals surface area contributed by atoms with Crippen LogP contribution in [0.15, 0.2) is 59.0 Å². The van der Waals surface area contributed by atoms with Gasteiger partial charge in [0.15, 0.2) is 5.78 Å². The maximum absolute atomic E-state index is 12.9. The number of allylic oxidation sites excluding steroid dienone is 2. The molecular formula is C21H17Cl2N5OS. The molecule has 0 bridgehead atoms. The molecule has 0 radical (unpaired) electrons. The standard InChI is InChI=1S/C21H17Cl2N5OS/c22-12-7-8-14(15(23)10-12)19-18-16(5-3-6-17(18)29)25-20-26-21(27-28(19)20)30-11-13-4-1-2-9-24-13/h1-2,4,7-10,19H,3,5-6,11H2,(H,25,26,27)/t19-/m0/s1. The van der Waals surface area contributed by atoms with Crippen LogP contribution in [0.25, 0.3) is 0 Å². The van der Waals surface area contributed by atoms with Crippen LogP contribution in [0, 0.1) is 0 Å². The van der Waals surface area contributed by atoms with Crippen LogP contribution in [-0.2, 0) is 10.5 Å². The summed E-state index contributed by atoms with van der Waals surface area (Å²) >= 11 is 14.2. The molecule has 2 aromatic heterocycles. The summed E-state index contributed by atoms with van der Waals surface area (Å²) in [5, 5.41) is 9.71. The van der Waals surface area contributed by atoms with E-state index in [1.807, 2.05) is 24.3 Å². The third-order valence-corrected chi connectivity index (χ3v) is 6.61. The van der Waals surface area contributed by atoms with Gasteiger partial charge in [-0.25, -0.2) is 4.68 Å². The number of anilines is 1. The second kappa shape index (κ2) is 8.06. The van der Waals surface area contributed by atoms with Crippen molar-refractivity contribution < 1.29 is 4.79 Å². The smallest absolute Gasteiger partial charge is 0.227 e. The number of hydrogen-bond acceptors (Lipinski definition) is 6. The average Bonchev–Trinajstić information content (AvgIpc) is 3.15. The van der Waals surface area contributed by atoms with E-state index in [1.165, 1.54) is 11.8 Å². The summed E-state index contributed by atoms with van der Waals surface area (Å²) in [4.78, 5) is 21.9. The third-order valence-electron chi connectivity index (χ3n) is 5.18. The van der Waals surface area contributed by atoms with E-state index in [-0.39, 0.29) is 5.78 Å². The highest BCUT2D eigenvalue weighted by molar-refractivity contribution is 7.98. The second-order valence-electron chi connectivity index (χ2n) is 7.13. The summed E-state index contributed by atoms with van der Waals surface area (Å²) < 4.78 is 1.76. The van der Waals surface area contributed by atoms with Gasteiger partial charge < -0.3 is 5.32 Å². The number of thioether (sulfide) groups is 1. The number of nitrogens with zero attached hydrogens (tertiary/aromatic N) is 4.